The zero-order chi connectivity index (χ0) is 16.5. The van der Waals surface area contributed by atoms with Gasteiger partial charge in [-0.05, 0) is 31.2 Å². The van der Waals surface area contributed by atoms with Gasteiger partial charge in [0, 0.05) is 28.6 Å². The van der Waals surface area contributed by atoms with Gasteiger partial charge in [-0.15, -0.1) is 0 Å². The van der Waals surface area contributed by atoms with E-state index < -0.39 is 0 Å². The molecule has 0 saturated carbocycles. The van der Waals surface area contributed by atoms with Gasteiger partial charge in [0.2, 0.25) is 5.91 Å². The highest BCUT2D eigenvalue weighted by atomic mass is 32.2. The number of hydrogen-bond acceptors (Lipinski definition) is 4. The minimum Gasteiger partial charge on any atom is -0.383 e. The van der Waals surface area contributed by atoms with Crippen LogP contribution in [0.1, 0.15) is 6.92 Å². The zero-order valence-corrected chi connectivity index (χ0v) is 14.2. The average Bonchev–Trinajstić information content (AvgIpc) is 2.55. The van der Waals surface area contributed by atoms with Gasteiger partial charge in [0.05, 0.1) is 13.2 Å². The number of ether oxygens (including phenoxy) is 1. The van der Waals surface area contributed by atoms with Crippen LogP contribution >= 0.6 is 11.8 Å². The molecule has 0 aliphatic heterocycles. The summed E-state index contributed by atoms with van der Waals surface area (Å²) in [6.07, 6.45) is 0. The summed E-state index contributed by atoms with van der Waals surface area (Å²) in [5.74, 6) is -0.0472. The minimum atomic E-state index is -0.0472. The summed E-state index contributed by atoms with van der Waals surface area (Å²) < 4.78 is 5.01. The van der Waals surface area contributed by atoms with Crippen molar-refractivity contribution in [1.82, 2.24) is 5.32 Å². The number of amides is 1. The monoisotopic (exact) mass is 330 g/mol. The Balaban J connectivity index is 1.94. The van der Waals surface area contributed by atoms with E-state index in [4.69, 9.17) is 4.74 Å². The van der Waals surface area contributed by atoms with E-state index in [0.29, 0.717) is 6.61 Å². The van der Waals surface area contributed by atoms with Gasteiger partial charge in [0.25, 0.3) is 0 Å². The molecule has 2 aromatic carbocycles. The second kappa shape index (κ2) is 9.22. The summed E-state index contributed by atoms with van der Waals surface area (Å²) in [5.41, 5.74) is 0.955. The van der Waals surface area contributed by atoms with E-state index in [9.17, 15) is 4.79 Å². The Bertz CT molecular complexity index is 619. The normalized spacial score (nSPS) is 11.7. The number of carbonyl (C=O) groups excluding carboxylic acids is 1. The first-order chi connectivity index (χ1) is 11.2. The molecule has 0 aromatic heterocycles. The molecule has 1 unspecified atom stereocenters. The molecule has 0 bridgehead atoms. The highest BCUT2D eigenvalue weighted by Crippen LogP contribution is 2.32. The van der Waals surface area contributed by atoms with Crippen molar-refractivity contribution >= 4 is 23.4 Å². The molecule has 23 heavy (non-hydrogen) atoms. The molecule has 0 fully saturated rings. The van der Waals surface area contributed by atoms with Gasteiger partial charge in [0.1, 0.15) is 0 Å². The third kappa shape index (κ3) is 5.96. The van der Waals surface area contributed by atoms with Gasteiger partial charge in [0.15, 0.2) is 0 Å². The molecule has 4 nitrogen and oxygen atoms in total. The summed E-state index contributed by atoms with van der Waals surface area (Å²) in [5, 5.41) is 6.09. The average molecular weight is 330 g/mol. The third-order valence-corrected chi connectivity index (χ3v) is 4.21. The van der Waals surface area contributed by atoms with Crippen LogP contribution in [0, 0.1) is 0 Å². The quantitative estimate of drug-likeness (QED) is 0.779. The summed E-state index contributed by atoms with van der Waals surface area (Å²) in [6, 6.07) is 18.2. The molecule has 2 rings (SSSR count). The number of hydrogen-bond donors (Lipinski definition) is 2. The molecule has 0 aliphatic carbocycles. The lowest BCUT2D eigenvalue weighted by Crippen LogP contribution is -2.39. The topological polar surface area (TPSA) is 50.4 Å². The van der Waals surface area contributed by atoms with Crippen LogP contribution in [0.4, 0.5) is 5.69 Å². The Kier molecular flexibility index (Phi) is 6.97. The van der Waals surface area contributed by atoms with Gasteiger partial charge in [-0.25, -0.2) is 0 Å². The van der Waals surface area contributed by atoms with Gasteiger partial charge < -0.3 is 15.4 Å². The number of benzene rings is 2. The highest BCUT2D eigenvalue weighted by Gasteiger charge is 2.08. The van der Waals surface area contributed by atoms with Crippen LogP contribution in [-0.2, 0) is 9.53 Å². The molecular formula is C18H22N2O2S. The zero-order valence-electron chi connectivity index (χ0n) is 13.4. The number of carbonyl (C=O) groups is 1. The molecule has 2 aromatic rings. The Labute approximate surface area is 141 Å². The van der Waals surface area contributed by atoms with Crippen molar-refractivity contribution in [3.05, 3.63) is 54.6 Å². The molecular weight excluding hydrogens is 308 g/mol. The molecule has 0 aliphatic rings. The predicted molar refractivity (Wildman–Crippen MR) is 95.0 cm³/mol. The molecule has 122 valence electrons. The van der Waals surface area contributed by atoms with Crippen molar-refractivity contribution < 1.29 is 9.53 Å². The summed E-state index contributed by atoms with van der Waals surface area (Å²) in [7, 11) is 1.62. The lowest BCUT2D eigenvalue weighted by molar-refractivity contribution is -0.120. The van der Waals surface area contributed by atoms with Crippen molar-refractivity contribution in [3.63, 3.8) is 0 Å². The van der Waals surface area contributed by atoms with Crippen LogP contribution < -0.4 is 10.6 Å². The summed E-state index contributed by atoms with van der Waals surface area (Å²) in [6.45, 7) is 2.66. The number of para-hydroxylation sites is 1. The Morgan fingerprint density at radius 1 is 1.13 bits per heavy atom. The Morgan fingerprint density at radius 3 is 2.57 bits per heavy atom. The van der Waals surface area contributed by atoms with E-state index >= 15 is 0 Å². The third-order valence-electron chi connectivity index (χ3n) is 3.12. The fourth-order valence-electron chi connectivity index (χ4n) is 2.11. The number of methoxy groups -OCH3 is 1. The summed E-state index contributed by atoms with van der Waals surface area (Å²) >= 11 is 1.67. The number of anilines is 1. The standard InChI is InChI=1S/C18H22N2O2S/c1-14(13-22-2)20-18(21)12-19-16-10-6-7-11-17(16)23-15-8-4-3-5-9-15/h3-11,14,19H,12-13H2,1-2H3,(H,20,21). The van der Waals surface area contributed by atoms with E-state index in [1.165, 1.54) is 4.90 Å². The van der Waals surface area contributed by atoms with Crippen LogP contribution in [0.15, 0.2) is 64.4 Å². The number of rotatable bonds is 8. The second-order valence-electron chi connectivity index (χ2n) is 5.19. The van der Waals surface area contributed by atoms with Gasteiger partial charge in [-0.2, -0.15) is 0 Å². The number of nitrogens with one attached hydrogen (secondary N) is 2. The molecule has 0 radical (unpaired) electrons. The Hall–Kier alpha value is -1.98. The van der Waals surface area contributed by atoms with Gasteiger partial charge >= 0.3 is 0 Å². The van der Waals surface area contributed by atoms with E-state index in [0.717, 1.165) is 10.6 Å². The fourth-order valence-corrected chi connectivity index (χ4v) is 3.05. The molecule has 0 saturated heterocycles. The first-order valence-electron chi connectivity index (χ1n) is 7.53. The predicted octanol–water partition coefficient (Wildman–Crippen LogP) is 3.40. The van der Waals surface area contributed by atoms with Crippen molar-refractivity contribution in [2.24, 2.45) is 0 Å². The molecule has 0 spiro atoms. The molecule has 0 heterocycles. The van der Waals surface area contributed by atoms with Crippen molar-refractivity contribution in [1.29, 1.82) is 0 Å². The van der Waals surface area contributed by atoms with Crippen LogP contribution in [0.2, 0.25) is 0 Å². The largest absolute Gasteiger partial charge is 0.383 e. The van der Waals surface area contributed by atoms with E-state index in [1.807, 2.05) is 49.4 Å². The van der Waals surface area contributed by atoms with Gasteiger partial charge in [-0.1, -0.05) is 42.1 Å². The first-order valence-corrected chi connectivity index (χ1v) is 8.35. The smallest absolute Gasteiger partial charge is 0.239 e. The molecule has 2 N–H and O–H groups in total. The van der Waals surface area contributed by atoms with Crippen molar-refractivity contribution in [2.45, 2.75) is 22.8 Å². The maximum absolute atomic E-state index is 11.9. The maximum Gasteiger partial charge on any atom is 0.239 e. The maximum atomic E-state index is 11.9. The fraction of sp³-hybridized carbons (Fsp3) is 0.278. The molecule has 5 heteroatoms. The lowest BCUT2D eigenvalue weighted by atomic mass is 10.3. The first kappa shape index (κ1) is 17.4. The summed E-state index contributed by atoms with van der Waals surface area (Å²) in [4.78, 5) is 14.2. The van der Waals surface area contributed by atoms with Crippen molar-refractivity contribution in [2.75, 3.05) is 25.6 Å². The van der Waals surface area contributed by atoms with Crippen LogP contribution in [0.25, 0.3) is 0 Å². The van der Waals surface area contributed by atoms with Crippen LogP contribution in [0.5, 0.6) is 0 Å². The Morgan fingerprint density at radius 2 is 1.83 bits per heavy atom. The van der Waals surface area contributed by atoms with E-state index in [1.54, 1.807) is 18.9 Å². The highest BCUT2D eigenvalue weighted by molar-refractivity contribution is 7.99. The van der Waals surface area contributed by atoms with Gasteiger partial charge in [-0.3, -0.25) is 4.79 Å². The SMILES string of the molecule is COCC(C)NC(=O)CNc1ccccc1Sc1ccccc1. The van der Waals surface area contributed by atoms with E-state index in [-0.39, 0.29) is 18.5 Å². The lowest BCUT2D eigenvalue weighted by Gasteiger charge is -2.15. The molecule has 1 atom stereocenters. The second-order valence-corrected chi connectivity index (χ2v) is 6.30. The minimum absolute atomic E-state index is 0.00300. The van der Waals surface area contributed by atoms with E-state index in [2.05, 4.69) is 22.8 Å². The van der Waals surface area contributed by atoms with Crippen LogP contribution in [0.3, 0.4) is 0 Å². The van der Waals surface area contributed by atoms with Crippen molar-refractivity contribution in [3.8, 4) is 0 Å². The van der Waals surface area contributed by atoms with Crippen LogP contribution in [-0.4, -0.2) is 32.2 Å². The molecule has 1 amide bonds.